The van der Waals surface area contributed by atoms with Crippen LogP contribution in [0.4, 0.5) is 0 Å². The zero-order valence-corrected chi connectivity index (χ0v) is 12.1. The van der Waals surface area contributed by atoms with Gasteiger partial charge in [-0.05, 0) is 62.9 Å². The number of piperidine rings is 1. The Balaban J connectivity index is 1.78. The third-order valence-electron chi connectivity index (χ3n) is 3.98. The highest BCUT2D eigenvalue weighted by molar-refractivity contribution is 5.27. The van der Waals surface area contributed by atoms with Gasteiger partial charge in [0.05, 0.1) is 7.11 Å². The summed E-state index contributed by atoms with van der Waals surface area (Å²) < 4.78 is 5.18. The van der Waals surface area contributed by atoms with E-state index in [1.165, 1.54) is 37.9 Å². The van der Waals surface area contributed by atoms with Gasteiger partial charge in [-0.25, -0.2) is 0 Å². The second kappa shape index (κ2) is 6.92. The zero-order chi connectivity index (χ0) is 13.7. The Bertz CT molecular complexity index is 367. The Labute approximate surface area is 116 Å². The molecule has 1 unspecified atom stereocenters. The number of likely N-dealkylation sites (tertiary alicyclic amines) is 1. The molecular formula is C16H26N2O. The molecule has 0 saturated carbocycles. The molecule has 0 aromatic heterocycles. The maximum absolute atomic E-state index is 5.88. The van der Waals surface area contributed by atoms with Crippen molar-refractivity contribution in [3.63, 3.8) is 0 Å². The second-order valence-corrected chi connectivity index (χ2v) is 5.78. The molecule has 19 heavy (non-hydrogen) atoms. The highest BCUT2D eigenvalue weighted by Gasteiger charge is 2.19. The van der Waals surface area contributed by atoms with Crippen LogP contribution in [0.1, 0.15) is 31.7 Å². The van der Waals surface area contributed by atoms with Crippen molar-refractivity contribution < 1.29 is 4.74 Å². The molecule has 1 heterocycles. The van der Waals surface area contributed by atoms with Crippen LogP contribution in [-0.2, 0) is 6.54 Å². The van der Waals surface area contributed by atoms with E-state index in [1.54, 1.807) is 7.11 Å². The van der Waals surface area contributed by atoms with Crippen LogP contribution < -0.4 is 10.5 Å². The van der Waals surface area contributed by atoms with Crippen molar-refractivity contribution in [2.45, 2.75) is 38.8 Å². The first kappa shape index (κ1) is 14.4. The maximum atomic E-state index is 5.88. The quantitative estimate of drug-likeness (QED) is 0.886. The van der Waals surface area contributed by atoms with Gasteiger partial charge in [0, 0.05) is 12.6 Å². The molecule has 106 valence electrons. The van der Waals surface area contributed by atoms with Gasteiger partial charge >= 0.3 is 0 Å². The highest BCUT2D eigenvalue weighted by atomic mass is 16.5. The summed E-state index contributed by atoms with van der Waals surface area (Å²) in [4.78, 5) is 2.54. The summed E-state index contributed by atoms with van der Waals surface area (Å²) in [6.07, 6.45) is 3.76. The molecular weight excluding hydrogens is 236 g/mol. The van der Waals surface area contributed by atoms with Gasteiger partial charge in [-0.2, -0.15) is 0 Å². The number of hydrogen-bond donors (Lipinski definition) is 1. The summed E-state index contributed by atoms with van der Waals surface area (Å²) in [5.74, 6) is 1.76. The number of rotatable bonds is 5. The van der Waals surface area contributed by atoms with Gasteiger partial charge < -0.3 is 10.5 Å². The van der Waals surface area contributed by atoms with Crippen LogP contribution in [-0.4, -0.2) is 31.1 Å². The van der Waals surface area contributed by atoms with Crippen LogP contribution in [0.25, 0.3) is 0 Å². The van der Waals surface area contributed by atoms with E-state index >= 15 is 0 Å². The van der Waals surface area contributed by atoms with Crippen LogP contribution in [0.3, 0.4) is 0 Å². The summed E-state index contributed by atoms with van der Waals surface area (Å²) in [7, 11) is 1.71. The Hall–Kier alpha value is -1.06. The van der Waals surface area contributed by atoms with Crippen molar-refractivity contribution >= 4 is 0 Å². The minimum absolute atomic E-state index is 0.345. The van der Waals surface area contributed by atoms with Crippen molar-refractivity contribution in [3.8, 4) is 5.75 Å². The van der Waals surface area contributed by atoms with E-state index in [1.807, 2.05) is 12.1 Å². The molecule has 1 aromatic rings. The normalized spacial score (nSPS) is 19.3. The Morgan fingerprint density at radius 1 is 1.26 bits per heavy atom. The molecule has 1 saturated heterocycles. The molecule has 2 rings (SSSR count). The van der Waals surface area contributed by atoms with Crippen LogP contribution in [0.15, 0.2) is 24.3 Å². The van der Waals surface area contributed by atoms with E-state index in [-0.39, 0.29) is 0 Å². The van der Waals surface area contributed by atoms with E-state index in [2.05, 4.69) is 24.0 Å². The lowest BCUT2D eigenvalue weighted by Crippen LogP contribution is -2.35. The Kier molecular flexibility index (Phi) is 5.23. The molecule has 1 aromatic carbocycles. The van der Waals surface area contributed by atoms with Crippen LogP contribution in [0.5, 0.6) is 5.75 Å². The predicted molar refractivity (Wildman–Crippen MR) is 79.3 cm³/mol. The third kappa shape index (κ3) is 4.51. The van der Waals surface area contributed by atoms with Crippen LogP contribution in [0, 0.1) is 5.92 Å². The highest BCUT2D eigenvalue weighted by Crippen LogP contribution is 2.23. The van der Waals surface area contributed by atoms with Crippen molar-refractivity contribution in [2.75, 3.05) is 20.2 Å². The van der Waals surface area contributed by atoms with Gasteiger partial charge in [0.2, 0.25) is 0 Å². The number of benzene rings is 1. The van der Waals surface area contributed by atoms with Crippen molar-refractivity contribution in [2.24, 2.45) is 11.7 Å². The summed E-state index contributed by atoms with van der Waals surface area (Å²) in [5.41, 5.74) is 7.25. The average Bonchev–Trinajstić information content (AvgIpc) is 2.41. The monoisotopic (exact) mass is 262 g/mol. The molecule has 3 heteroatoms. The minimum atomic E-state index is 0.345. The molecule has 1 aliphatic rings. The van der Waals surface area contributed by atoms with E-state index in [4.69, 9.17) is 10.5 Å². The van der Waals surface area contributed by atoms with E-state index in [0.29, 0.717) is 6.04 Å². The minimum Gasteiger partial charge on any atom is -0.497 e. The topological polar surface area (TPSA) is 38.5 Å². The fraction of sp³-hybridized carbons (Fsp3) is 0.625. The molecule has 1 aliphatic heterocycles. The Morgan fingerprint density at radius 3 is 2.42 bits per heavy atom. The van der Waals surface area contributed by atoms with Gasteiger partial charge in [0.1, 0.15) is 5.75 Å². The fourth-order valence-electron chi connectivity index (χ4n) is 2.90. The van der Waals surface area contributed by atoms with Gasteiger partial charge in [0.25, 0.3) is 0 Å². The standard InChI is InChI=1S/C16H26N2O/c1-13(17)11-14-7-9-18(10-8-14)12-15-3-5-16(19-2)6-4-15/h3-6,13-14H,7-12,17H2,1-2H3. The largest absolute Gasteiger partial charge is 0.497 e. The number of nitrogens with two attached hydrogens (primary N) is 1. The van der Waals surface area contributed by atoms with E-state index in [9.17, 15) is 0 Å². The molecule has 0 radical (unpaired) electrons. The van der Waals surface area contributed by atoms with Crippen LogP contribution >= 0.6 is 0 Å². The molecule has 0 aliphatic carbocycles. The van der Waals surface area contributed by atoms with Gasteiger partial charge in [-0.15, -0.1) is 0 Å². The lowest BCUT2D eigenvalue weighted by Gasteiger charge is -2.32. The van der Waals surface area contributed by atoms with Crippen molar-refractivity contribution in [1.82, 2.24) is 4.90 Å². The molecule has 0 spiro atoms. The van der Waals surface area contributed by atoms with Gasteiger partial charge in [-0.3, -0.25) is 4.90 Å². The second-order valence-electron chi connectivity index (χ2n) is 5.78. The van der Waals surface area contributed by atoms with E-state index < -0.39 is 0 Å². The first-order chi connectivity index (χ1) is 9.17. The molecule has 2 N–H and O–H groups in total. The number of methoxy groups -OCH3 is 1. The molecule has 0 amide bonds. The number of hydrogen-bond acceptors (Lipinski definition) is 3. The summed E-state index contributed by atoms with van der Waals surface area (Å²) >= 11 is 0. The van der Waals surface area contributed by atoms with E-state index in [0.717, 1.165) is 18.2 Å². The molecule has 3 nitrogen and oxygen atoms in total. The maximum Gasteiger partial charge on any atom is 0.118 e. The molecule has 1 atom stereocenters. The zero-order valence-electron chi connectivity index (χ0n) is 12.1. The molecule has 0 bridgehead atoms. The smallest absolute Gasteiger partial charge is 0.118 e. The Morgan fingerprint density at radius 2 is 1.89 bits per heavy atom. The fourth-order valence-corrected chi connectivity index (χ4v) is 2.90. The predicted octanol–water partition coefficient (Wildman–Crippen LogP) is 2.64. The number of ether oxygens (including phenoxy) is 1. The van der Waals surface area contributed by atoms with Crippen molar-refractivity contribution in [1.29, 1.82) is 0 Å². The number of nitrogens with zero attached hydrogens (tertiary/aromatic N) is 1. The SMILES string of the molecule is COc1ccc(CN2CCC(CC(C)N)CC2)cc1. The van der Waals surface area contributed by atoms with Crippen molar-refractivity contribution in [3.05, 3.63) is 29.8 Å². The van der Waals surface area contributed by atoms with Gasteiger partial charge in [0.15, 0.2) is 0 Å². The van der Waals surface area contributed by atoms with Gasteiger partial charge in [-0.1, -0.05) is 12.1 Å². The molecule has 1 fully saturated rings. The third-order valence-corrected chi connectivity index (χ3v) is 3.98. The van der Waals surface area contributed by atoms with Crippen LogP contribution in [0.2, 0.25) is 0 Å². The first-order valence-electron chi connectivity index (χ1n) is 7.28. The summed E-state index contributed by atoms with van der Waals surface area (Å²) in [5, 5.41) is 0. The first-order valence-corrected chi connectivity index (χ1v) is 7.28. The lowest BCUT2D eigenvalue weighted by atomic mass is 9.91. The lowest BCUT2D eigenvalue weighted by molar-refractivity contribution is 0.169. The summed E-state index contributed by atoms with van der Waals surface area (Å²) in [6, 6.07) is 8.74. The summed E-state index contributed by atoms with van der Waals surface area (Å²) in [6.45, 7) is 5.56. The average molecular weight is 262 g/mol.